The van der Waals surface area contributed by atoms with Crippen molar-refractivity contribution in [1.82, 2.24) is 5.32 Å². The third-order valence-electron chi connectivity index (χ3n) is 1.30. The van der Waals surface area contributed by atoms with Crippen LogP contribution in [0.25, 0.3) is 0 Å². The van der Waals surface area contributed by atoms with Gasteiger partial charge in [-0.3, -0.25) is 0 Å². The highest BCUT2D eigenvalue weighted by Gasteiger charge is 1.98. The molecule has 0 aliphatic carbocycles. The summed E-state index contributed by atoms with van der Waals surface area (Å²) in [4.78, 5) is 0. The zero-order valence-electron chi connectivity index (χ0n) is 8.68. The van der Waals surface area contributed by atoms with Crippen LogP contribution in [0.5, 0.6) is 0 Å². The van der Waals surface area contributed by atoms with Crippen molar-refractivity contribution >= 4 is 0 Å². The van der Waals surface area contributed by atoms with Gasteiger partial charge in [-0.25, -0.2) is 0 Å². The summed E-state index contributed by atoms with van der Waals surface area (Å²) in [5, 5.41) is 3.12. The molecule has 0 aromatic rings. The monoisotopic (exact) mass is 171 g/mol. The molecule has 0 rings (SSSR count). The Kier molecular flexibility index (Phi) is 5.60. The van der Waals surface area contributed by atoms with Crippen LogP contribution in [0.2, 0.25) is 0 Å². The molecule has 2 nitrogen and oxygen atoms in total. The van der Waals surface area contributed by atoms with Gasteiger partial charge in [0.05, 0.1) is 6.61 Å². The zero-order valence-corrected chi connectivity index (χ0v) is 8.68. The van der Waals surface area contributed by atoms with Crippen molar-refractivity contribution in [3.05, 3.63) is 12.5 Å². The third kappa shape index (κ3) is 7.45. The van der Waals surface area contributed by atoms with Crippen molar-refractivity contribution in [3.8, 4) is 0 Å². The molecule has 0 aliphatic rings. The summed E-state index contributed by atoms with van der Waals surface area (Å²) in [5.41, 5.74) is 0. The van der Waals surface area contributed by atoms with Crippen molar-refractivity contribution in [1.29, 1.82) is 0 Å². The van der Waals surface area contributed by atoms with E-state index >= 15 is 0 Å². The molecule has 0 aromatic heterocycles. The van der Waals surface area contributed by atoms with Crippen LogP contribution in [0, 0.1) is 11.8 Å². The fourth-order valence-electron chi connectivity index (χ4n) is 0.636. The third-order valence-corrected chi connectivity index (χ3v) is 1.30. The Bertz CT molecular complexity index is 116. The summed E-state index contributed by atoms with van der Waals surface area (Å²) in [7, 11) is 0. The molecule has 72 valence electrons. The van der Waals surface area contributed by atoms with E-state index in [1.807, 2.05) is 0 Å². The van der Waals surface area contributed by atoms with Crippen LogP contribution in [0.15, 0.2) is 12.5 Å². The SMILES string of the molecule is C=C(NCC(C)C)OCC(C)C. The average Bonchev–Trinajstić information content (AvgIpc) is 1.96. The van der Waals surface area contributed by atoms with E-state index in [9.17, 15) is 0 Å². The molecule has 0 amide bonds. The predicted octanol–water partition coefficient (Wildman–Crippen LogP) is 2.38. The summed E-state index contributed by atoms with van der Waals surface area (Å²) >= 11 is 0. The van der Waals surface area contributed by atoms with Gasteiger partial charge in [0.25, 0.3) is 0 Å². The lowest BCUT2D eigenvalue weighted by molar-refractivity contribution is 0.161. The fourth-order valence-corrected chi connectivity index (χ4v) is 0.636. The summed E-state index contributed by atoms with van der Waals surface area (Å²) in [5.74, 6) is 1.88. The largest absolute Gasteiger partial charge is 0.479 e. The number of rotatable bonds is 6. The van der Waals surface area contributed by atoms with E-state index in [4.69, 9.17) is 4.74 Å². The van der Waals surface area contributed by atoms with Crippen molar-refractivity contribution < 1.29 is 4.74 Å². The molecule has 0 bridgehead atoms. The van der Waals surface area contributed by atoms with Gasteiger partial charge >= 0.3 is 0 Å². The molecular weight excluding hydrogens is 150 g/mol. The van der Waals surface area contributed by atoms with E-state index in [1.54, 1.807) is 0 Å². The van der Waals surface area contributed by atoms with E-state index in [2.05, 4.69) is 39.6 Å². The number of ether oxygens (including phenoxy) is 1. The minimum Gasteiger partial charge on any atom is -0.479 e. The van der Waals surface area contributed by atoms with Crippen molar-refractivity contribution in [3.63, 3.8) is 0 Å². The topological polar surface area (TPSA) is 21.3 Å². The Morgan fingerprint density at radius 3 is 2.25 bits per heavy atom. The Labute approximate surface area is 76.0 Å². The number of hydrogen-bond donors (Lipinski definition) is 1. The van der Waals surface area contributed by atoms with Crippen LogP contribution in [0.1, 0.15) is 27.7 Å². The van der Waals surface area contributed by atoms with Crippen molar-refractivity contribution in [2.75, 3.05) is 13.2 Å². The highest BCUT2D eigenvalue weighted by atomic mass is 16.5. The van der Waals surface area contributed by atoms with Crippen LogP contribution in [-0.2, 0) is 4.74 Å². The van der Waals surface area contributed by atoms with Gasteiger partial charge in [0.1, 0.15) is 0 Å². The summed E-state index contributed by atoms with van der Waals surface area (Å²) in [6.45, 7) is 14.0. The second-order valence-corrected chi connectivity index (χ2v) is 3.90. The molecule has 0 aromatic carbocycles. The van der Waals surface area contributed by atoms with Crippen LogP contribution in [0.4, 0.5) is 0 Å². The average molecular weight is 171 g/mol. The van der Waals surface area contributed by atoms with Crippen LogP contribution < -0.4 is 5.32 Å². The molecule has 0 saturated heterocycles. The van der Waals surface area contributed by atoms with Gasteiger partial charge in [0.2, 0.25) is 0 Å². The summed E-state index contributed by atoms with van der Waals surface area (Å²) in [6.07, 6.45) is 0. The highest BCUT2D eigenvalue weighted by molar-refractivity contribution is 4.79. The van der Waals surface area contributed by atoms with Crippen molar-refractivity contribution in [2.45, 2.75) is 27.7 Å². The number of hydrogen-bond acceptors (Lipinski definition) is 2. The van der Waals surface area contributed by atoms with Gasteiger partial charge in [-0.05, 0) is 18.4 Å². The van der Waals surface area contributed by atoms with Crippen LogP contribution in [0.3, 0.4) is 0 Å². The minimum absolute atomic E-state index is 0.558. The Morgan fingerprint density at radius 1 is 1.25 bits per heavy atom. The minimum atomic E-state index is 0.558. The second-order valence-electron chi connectivity index (χ2n) is 3.90. The van der Waals surface area contributed by atoms with Crippen LogP contribution in [-0.4, -0.2) is 13.2 Å². The summed E-state index contributed by atoms with van der Waals surface area (Å²) in [6, 6.07) is 0. The lowest BCUT2D eigenvalue weighted by Gasteiger charge is -2.14. The molecule has 0 unspecified atom stereocenters. The van der Waals surface area contributed by atoms with E-state index in [1.165, 1.54) is 0 Å². The quantitative estimate of drug-likeness (QED) is 0.619. The molecule has 0 fully saturated rings. The molecule has 2 heteroatoms. The Balaban J connectivity index is 3.34. The van der Waals surface area contributed by atoms with Gasteiger partial charge in [0, 0.05) is 6.54 Å². The van der Waals surface area contributed by atoms with E-state index < -0.39 is 0 Å². The smallest absolute Gasteiger partial charge is 0.179 e. The van der Waals surface area contributed by atoms with E-state index in [0.29, 0.717) is 17.7 Å². The van der Waals surface area contributed by atoms with Gasteiger partial charge in [0.15, 0.2) is 5.88 Å². The van der Waals surface area contributed by atoms with E-state index in [0.717, 1.165) is 13.2 Å². The first-order valence-corrected chi connectivity index (χ1v) is 4.58. The standard InChI is InChI=1S/C10H21NO/c1-8(2)6-11-10(5)12-7-9(3)4/h8-9,11H,5-7H2,1-4H3. The first-order chi connectivity index (χ1) is 5.52. The molecule has 1 N–H and O–H groups in total. The van der Waals surface area contributed by atoms with Gasteiger partial charge in [-0.2, -0.15) is 0 Å². The Morgan fingerprint density at radius 2 is 1.83 bits per heavy atom. The van der Waals surface area contributed by atoms with Gasteiger partial charge < -0.3 is 10.1 Å². The number of nitrogens with one attached hydrogen (secondary N) is 1. The van der Waals surface area contributed by atoms with Gasteiger partial charge in [-0.1, -0.05) is 27.7 Å². The van der Waals surface area contributed by atoms with Crippen LogP contribution >= 0.6 is 0 Å². The molecule has 0 aliphatic heterocycles. The molecular formula is C10H21NO. The molecule has 0 spiro atoms. The molecule has 0 saturated carbocycles. The normalized spacial score (nSPS) is 10.5. The van der Waals surface area contributed by atoms with E-state index in [-0.39, 0.29) is 0 Å². The zero-order chi connectivity index (χ0) is 9.56. The molecule has 0 atom stereocenters. The van der Waals surface area contributed by atoms with Crippen molar-refractivity contribution in [2.24, 2.45) is 11.8 Å². The maximum absolute atomic E-state index is 5.35. The highest BCUT2D eigenvalue weighted by Crippen LogP contribution is 1.97. The summed E-state index contributed by atoms with van der Waals surface area (Å²) < 4.78 is 5.35. The maximum Gasteiger partial charge on any atom is 0.179 e. The first-order valence-electron chi connectivity index (χ1n) is 4.58. The van der Waals surface area contributed by atoms with Gasteiger partial charge in [-0.15, -0.1) is 0 Å². The molecule has 12 heavy (non-hydrogen) atoms. The molecule has 0 heterocycles. The maximum atomic E-state index is 5.35. The lowest BCUT2D eigenvalue weighted by Crippen LogP contribution is -2.21. The molecule has 0 radical (unpaired) electrons. The lowest BCUT2D eigenvalue weighted by atomic mass is 10.2. The second kappa shape index (κ2) is 5.92. The fraction of sp³-hybridized carbons (Fsp3) is 0.800. The Hall–Kier alpha value is -0.660. The predicted molar refractivity (Wildman–Crippen MR) is 52.8 cm³/mol. The first kappa shape index (κ1) is 11.3.